The van der Waals surface area contributed by atoms with Crippen molar-refractivity contribution >= 4 is 67.3 Å². The predicted octanol–water partition coefficient (Wildman–Crippen LogP) is 19.0. The second-order valence-electron chi connectivity index (χ2n) is 22.7. The van der Waals surface area contributed by atoms with Crippen LogP contribution in [0, 0.1) is 12.8 Å². The molecule has 1 saturated carbocycles. The fourth-order valence-electron chi connectivity index (χ4n) is 10.7. The summed E-state index contributed by atoms with van der Waals surface area (Å²) < 4.78 is 1.38. The molecule has 1 heterocycles. The van der Waals surface area contributed by atoms with E-state index in [1.54, 1.807) is 11.1 Å². The zero-order valence-corrected chi connectivity index (χ0v) is 43.0. The minimum absolute atomic E-state index is 0.0575. The van der Waals surface area contributed by atoms with Crippen LogP contribution >= 0.6 is 23.1 Å². The van der Waals surface area contributed by atoms with Crippen LogP contribution in [-0.4, -0.2) is 6.26 Å². The lowest BCUT2D eigenvalue weighted by molar-refractivity contribution is 0.248. The van der Waals surface area contributed by atoms with Gasteiger partial charge in [0.05, 0.1) is 11.4 Å². The normalized spacial score (nSPS) is 18.7. The van der Waals surface area contributed by atoms with Crippen molar-refractivity contribution in [3.63, 3.8) is 0 Å². The van der Waals surface area contributed by atoms with E-state index in [1.807, 2.05) is 23.1 Å². The molecule has 10 rings (SSSR count). The maximum absolute atomic E-state index is 2.64. The quantitative estimate of drug-likeness (QED) is 0.140. The average Bonchev–Trinajstić information content (AvgIpc) is 3.60. The first kappa shape index (κ1) is 45.4. The third-order valence-corrected chi connectivity index (χ3v) is 16.7. The van der Waals surface area contributed by atoms with Gasteiger partial charge >= 0.3 is 0 Å². The monoisotopic (exact) mass is 894 g/mol. The van der Waals surface area contributed by atoms with Crippen molar-refractivity contribution in [1.29, 1.82) is 0 Å². The molecule has 1 unspecified atom stereocenters. The highest BCUT2D eigenvalue weighted by Gasteiger charge is 2.42. The average molecular weight is 895 g/mol. The highest BCUT2D eigenvalue weighted by Crippen LogP contribution is 2.55. The Labute approximate surface area is 399 Å². The smallest absolute Gasteiger partial charge is 0.0647 e. The number of thiophene rings is 1. The van der Waals surface area contributed by atoms with E-state index < -0.39 is 0 Å². The van der Waals surface area contributed by atoms with Crippen molar-refractivity contribution in [2.24, 2.45) is 5.92 Å². The summed E-state index contributed by atoms with van der Waals surface area (Å²) in [7, 11) is 0. The number of benzene rings is 6. The Morgan fingerprint density at radius 3 is 1.63 bits per heavy atom. The van der Waals surface area contributed by atoms with Gasteiger partial charge in [0.25, 0.3) is 0 Å². The number of anilines is 6. The molecule has 7 aromatic rings. The van der Waals surface area contributed by atoms with Gasteiger partial charge in [-0.2, -0.15) is 0 Å². The molecule has 0 saturated heterocycles. The summed E-state index contributed by atoms with van der Waals surface area (Å²) >= 11 is 3.72. The Hall–Kier alpha value is -4.77. The van der Waals surface area contributed by atoms with Gasteiger partial charge in [-0.3, -0.25) is 0 Å². The van der Waals surface area contributed by atoms with Crippen LogP contribution in [0.1, 0.15) is 141 Å². The molecule has 1 fully saturated rings. The third-order valence-electron chi connectivity index (χ3n) is 15.0. The molecule has 6 aromatic carbocycles. The number of hydrogen-bond donors (Lipinski definition) is 0. The Morgan fingerprint density at radius 2 is 1.11 bits per heavy atom. The SMILES string of the molecule is CSc1ccc(N(c2cc(C)cc(N(c3ccc(C(C)(C)C)cc3)c3ccc(C(C)(C)C)cc3)c2)c2csc3cc4c(cc23)C2(C)CCC(CC2)C4C)c(-c2ccc(C(C)(C)C)cc2)c1. The Kier molecular flexibility index (Phi) is 11.8. The van der Waals surface area contributed by atoms with Gasteiger partial charge in [-0.15, -0.1) is 23.1 Å². The largest absolute Gasteiger partial charge is 0.310 e. The summed E-state index contributed by atoms with van der Waals surface area (Å²) in [4.78, 5) is 6.32. The van der Waals surface area contributed by atoms with Crippen molar-refractivity contribution in [2.45, 2.75) is 141 Å². The molecule has 65 heavy (non-hydrogen) atoms. The Morgan fingerprint density at radius 1 is 0.585 bits per heavy atom. The Balaban J connectivity index is 1.29. The van der Waals surface area contributed by atoms with Gasteiger partial charge in [0.2, 0.25) is 0 Å². The van der Waals surface area contributed by atoms with E-state index in [9.17, 15) is 0 Å². The lowest BCUT2D eigenvalue weighted by atomic mass is 9.70. The second-order valence-corrected chi connectivity index (χ2v) is 24.5. The van der Waals surface area contributed by atoms with E-state index >= 15 is 0 Å². The second kappa shape index (κ2) is 16.8. The van der Waals surface area contributed by atoms with Crippen LogP contribution in [0.3, 0.4) is 0 Å². The van der Waals surface area contributed by atoms with Crippen LogP contribution in [0.2, 0.25) is 0 Å². The number of fused-ring (bicyclic) bond motifs is 3. The maximum atomic E-state index is 2.64. The topological polar surface area (TPSA) is 6.48 Å². The molecule has 4 heteroatoms. The first-order valence-electron chi connectivity index (χ1n) is 24.0. The van der Waals surface area contributed by atoms with Crippen LogP contribution in [-0.2, 0) is 21.7 Å². The molecular formula is C61H70N2S2. The molecule has 0 aliphatic heterocycles. The summed E-state index contributed by atoms with van der Waals surface area (Å²) in [6.45, 7) is 28.0. The molecular weight excluding hydrogens is 825 g/mol. The summed E-state index contributed by atoms with van der Waals surface area (Å²) in [5, 5.41) is 3.80. The Bertz CT molecular complexity index is 2780. The standard InChI is InChI=1S/C61H70N2S2/c1-39-32-48(62(46-22-18-44(19-23-46)59(6,7)8)47-24-20-45(21-25-47)60(9,10)11)34-49(33-39)63(55-27-26-50(64-13)35-52(55)42-14-16-43(17-15-42)58(3,4)5)56-38-65-57-37-51-40(2)41-28-30-61(12,31-29-41)54(51)36-53(56)57/h14-27,32-38,40-41H,28-31H2,1-13H3. The summed E-state index contributed by atoms with van der Waals surface area (Å²) in [6, 6.07) is 47.4. The van der Waals surface area contributed by atoms with Crippen molar-refractivity contribution in [3.8, 4) is 11.1 Å². The van der Waals surface area contributed by atoms with Crippen molar-refractivity contribution in [2.75, 3.05) is 16.1 Å². The molecule has 3 aliphatic carbocycles. The first-order chi connectivity index (χ1) is 30.7. The molecule has 2 bridgehead atoms. The van der Waals surface area contributed by atoms with E-state index in [0.29, 0.717) is 5.92 Å². The van der Waals surface area contributed by atoms with Crippen molar-refractivity contribution in [1.82, 2.24) is 0 Å². The van der Waals surface area contributed by atoms with E-state index in [0.717, 1.165) is 28.7 Å². The molecule has 1 atom stereocenters. The minimum Gasteiger partial charge on any atom is -0.310 e. The van der Waals surface area contributed by atoms with Gasteiger partial charge in [0.15, 0.2) is 0 Å². The summed E-state index contributed by atoms with van der Waals surface area (Å²) in [6.07, 6.45) is 7.41. The predicted molar refractivity (Wildman–Crippen MR) is 287 cm³/mol. The minimum atomic E-state index is 0.0575. The van der Waals surface area contributed by atoms with Crippen LogP contribution in [0.5, 0.6) is 0 Å². The van der Waals surface area contributed by atoms with Gasteiger partial charge in [-0.05, 0) is 184 Å². The van der Waals surface area contributed by atoms with E-state index in [4.69, 9.17) is 0 Å². The molecule has 3 aliphatic rings. The summed E-state index contributed by atoms with van der Waals surface area (Å²) in [5.41, 5.74) is 18.3. The molecule has 1 aromatic heterocycles. The highest BCUT2D eigenvalue weighted by atomic mass is 32.2. The lowest BCUT2D eigenvalue weighted by Gasteiger charge is -2.35. The van der Waals surface area contributed by atoms with Crippen molar-refractivity contribution in [3.05, 3.63) is 160 Å². The molecule has 2 nitrogen and oxygen atoms in total. The molecule has 0 amide bonds. The number of thioether (sulfide) groups is 1. The van der Waals surface area contributed by atoms with Gasteiger partial charge in [0, 0.05) is 48.7 Å². The van der Waals surface area contributed by atoms with Gasteiger partial charge in [0.1, 0.15) is 0 Å². The summed E-state index contributed by atoms with van der Waals surface area (Å²) in [5.74, 6) is 1.37. The third kappa shape index (κ3) is 8.71. The molecule has 0 spiro atoms. The van der Waals surface area contributed by atoms with E-state index in [2.05, 4.69) is 226 Å². The number of aryl methyl sites for hydroxylation is 1. The van der Waals surface area contributed by atoms with E-state index in [-0.39, 0.29) is 21.7 Å². The fourth-order valence-corrected chi connectivity index (χ4v) is 12.1. The van der Waals surface area contributed by atoms with Crippen LogP contribution in [0.25, 0.3) is 21.2 Å². The zero-order chi connectivity index (χ0) is 46.2. The van der Waals surface area contributed by atoms with Crippen LogP contribution < -0.4 is 9.80 Å². The van der Waals surface area contributed by atoms with Gasteiger partial charge in [-0.25, -0.2) is 0 Å². The number of nitrogens with zero attached hydrogens (tertiary/aromatic N) is 2. The van der Waals surface area contributed by atoms with Gasteiger partial charge in [-0.1, -0.05) is 125 Å². The zero-order valence-electron chi connectivity index (χ0n) is 41.3. The van der Waals surface area contributed by atoms with Gasteiger partial charge < -0.3 is 9.80 Å². The van der Waals surface area contributed by atoms with Crippen molar-refractivity contribution < 1.29 is 0 Å². The molecule has 336 valence electrons. The first-order valence-corrected chi connectivity index (χ1v) is 26.1. The van der Waals surface area contributed by atoms with Crippen LogP contribution in [0.15, 0.2) is 132 Å². The highest BCUT2D eigenvalue weighted by molar-refractivity contribution is 7.98. The number of rotatable bonds is 8. The van der Waals surface area contributed by atoms with E-state index in [1.165, 1.54) is 85.4 Å². The molecule has 0 radical (unpaired) electrons. The molecule has 0 N–H and O–H groups in total. The maximum Gasteiger partial charge on any atom is 0.0647 e. The fraction of sp³-hybridized carbons (Fsp3) is 0.377. The lowest BCUT2D eigenvalue weighted by Crippen LogP contribution is -2.26. The van der Waals surface area contributed by atoms with Crippen LogP contribution in [0.4, 0.5) is 34.1 Å². The number of hydrogen-bond acceptors (Lipinski definition) is 4.